The summed E-state index contributed by atoms with van der Waals surface area (Å²) in [5, 5.41) is 8.79. The lowest BCUT2D eigenvalue weighted by molar-refractivity contribution is -0.128. The number of nitrogens with zero attached hydrogens (tertiary/aromatic N) is 2. The van der Waals surface area contributed by atoms with E-state index in [1.165, 1.54) is 23.1 Å². The summed E-state index contributed by atoms with van der Waals surface area (Å²) in [6.45, 7) is 0.276. The highest BCUT2D eigenvalue weighted by Crippen LogP contribution is 2.20. The van der Waals surface area contributed by atoms with Crippen LogP contribution in [-0.4, -0.2) is 31.5 Å². The number of hydrogen-bond donors (Lipinski definition) is 0. The first-order valence-corrected chi connectivity index (χ1v) is 5.58. The number of hydrogen-bond acceptors (Lipinski definition) is 3. The van der Waals surface area contributed by atoms with Crippen LogP contribution in [-0.2, 0) is 4.79 Å². The number of ether oxygens (including phenoxy) is 1. The van der Waals surface area contributed by atoms with Gasteiger partial charge in [0.25, 0.3) is 0 Å². The number of halogens is 1. The molecule has 1 aromatic rings. The van der Waals surface area contributed by atoms with Gasteiger partial charge in [-0.15, -0.1) is 0 Å². The van der Waals surface area contributed by atoms with Crippen LogP contribution in [0.25, 0.3) is 0 Å². The van der Waals surface area contributed by atoms with Gasteiger partial charge in [-0.3, -0.25) is 4.79 Å². The van der Waals surface area contributed by atoms with E-state index in [4.69, 9.17) is 10.00 Å². The van der Waals surface area contributed by atoms with Gasteiger partial charge in [-0.25, -0.2) is 4.39 Å². The molecule has 0 heterocycles. The molecule has 1 rings (SSSR count). The fourth-order valence-electron chi connectivity index (χ4n) is 1.36. The lowest BCUT2D eigenvalue weighted by Gasteiger charge is -2.11. The molecule has 96 valence electrons. The molecule has 0 atom stereocenters. The number of rotatable bonds is 5. The molecule has 0 bridgehead atoms. The van der Waals surface area contributed by atoms with Gasteiger partial charge in [-0.1, -0.05) is 6.07 Å². The topological polar surface area (TPSA) is 53.3 Å². The summed E-state index contributed by atoms with van der Waals surface area (Å²) in [5.74, 6) is -0.368. The molecular weight excluding hydrogens is 235 g/mol. The van der Waals surface area contributed by atoms with Crippen molar-refractivity contribution in [3.8, 4) is 11.8 Å². The summed E-state index contributed by atoms with van der Waals surface area (Å²) in [4.78, 5) is 12.8. The number of carbonyl (C=O) groups is 1. The first kappa shape index (κ1) is 14.0. The van der Waals surface area contributed by atoms with E-state index in [1.807, 2.05) is 0 Å². The van der Waals surface area contributed by atoms with Crippen molar-refractivity contribution in [3.63, 3.8) is 0 Å². The highest BCUT2D eigenvalue weighted by Gasteiger charge is 2.09. The minimum atomic E-state index is -0.598. The SMILES string of the molecule is CN(C)C(=O)CCCOc1cccc(F)c1C#N. The van der Waals surface area contributed by atoms with Gasteiger partial charge in [0.15, 0.2) is 0 Å². The first-order chi connectivity index (χ1) is 8.56. The van der Waals surface area contributed by atoms with E-state index in [0.29, 0.717) is 12.8 Å². The molecule has 0 N–H and O–H groups in total. The Morgan fingerprint density at radius 1 is 1.50 bits per heavy atom. The van der Waals surface area contributed by atoms with Crippen molar-refractivity contribution in [2.24, 2.45) is 0 Å². The molecule has 0 spiro atoms. The zero-order valence-corrected chi connectivity index (χ0v) is 10.4. The fraction of sp³-hybridized carbons (Fsp3) is 0.385. The van der Waals surface area contributed by atoms with Crippen LogP contribution in [0.4, 0.5) is 4.39 Å². The summed E-state index contributed by atoms with van der Waals surface area (Å²) in [6.07, 6.45) is 0.891. The maximum Gasteiger partial charge on any atom is 0.222 e. The number of nitriles is 1. The predicted molar refractivity (Wildman–Crippen MR) is 64.5 cm³/mol. The summed E-state index contributed by atoms with van der Waals surface area (Å²) in [5.41, 5.74) is -0.101. The molecule has 0 aliphatic rings. The zero-order valence-electron chi connectivity index (χ0n) is 10.4. The van der Waals surface area contributed by atoms with Gasteiger partial charge in [-0.2, -0.15) is 5.26 Å². The third-order valence-electron chi connectivity index (χ3n) is 2.38. The Morgan fingerprint density at radius 2 is 2.22 bits per heavy atom. The normalized spacial score (nSPS) is 9.67. The Kier molecular flexibility index (Phi) is 5.12. The molecule has 0 saturated carbocycles. The number of carbonyl (C=O) groups excluding carboxylic acids is 1. The van der Waals surface area contributed by atoms with Crippen molar-refractivity contribution < 1.29 is 13.9 Å². The lowest BCUT2D eigenvalue weighted by atomic mass is 10.2. The summed E-state index contributed by atoms with van der Waals surface area (Å²) >= 11 is 0. The molecule has 0 aliphatic heterocycles. The average Bonchev–Trinajstić information content (AvgIpc) is 2.34. The molecule has 4 nitrogen and oxygen atoms in total. The van der Waals surface area contributed by atoms with E-state index < -0.39 is 5.82 Å². The Labute approximate surface area is 106 Å². The molecule has 1 amide bonds. The minimum Gasteiger partial charge on any atom is -0.492 e. The lowest BCUT2D eigenvalue weighted by Crippen LogP contribution is -2.21. The zero-order chi connectivity index (χ0) is 13.5. The van der Waals surface area contributed by atoms with Crippen LogP contribution in [0.1, 0.15) is 18.4 Å². The van der Waals surface area contributed by atoms with Crippen LogP contribution in [0.2, 0.25) is 0 Å². The van der Waals surface area contributed by atoms with E-state index in [9.17, 15) is 9.18 Å². The highest BCUT2D eigenvalue weighted by molar-refractivity contribution is 5.75. The van der Waals surface area contributed by atoms with Crippen LogP contribution < -0.4 is 4.74 Å². The Hall–Kier alpha value is -2.09. The number of benzene rings is 1. The van der Waals surface area contributed by atoms with E-state index in [-0.39, 0.29) is 23.8 Å². The second kappa shape index (κ2) is 6.60. The second-order valence-electron chi connectivity index (χ2n) is 3.96. The quantitative estimate of drug-likeness (QED) is 0.750. The van der Waals surface area contributed by atoms with Crippen LogP contribution in [0.3, 0.4) is 0 Å². The average molecular weight is 250 g/mol. The van der Waals surface area contributed by atoms with Crippen molar-refractivity contribution in [1.29, 1.82) is 5.26 Å². The molecule has 0 unspecified atom stereocenters. The van der Waals surface area contributed by atoms with Crippen LogP contribution >= 0.6 is 0 Å². The third kappa shape index (κ3) is 3.74. The van der Waals surface area contributed by atoms with Crippen molar-refractivity contribution >= 4 is 5.91 Å². The number of amides is 1. The molecule has 0 aliphatic carbocycles. The van der Waals surface area contributed by atoms with E-state index >= 15 is 0 Å². The second-order valence-corrected chi connectivity index (χ2v) is 3.96. The van der Waals surface area contributed by atoms with Crippen molar-refractivity contribution in [3.05, 3.63) is 29.6 Å². The minimum absolute atomic E-state index is 0.0124. The van der Waals surface area contributed by atoms with E-state index in [1.54, 1.807) is 20.2 Å². The van der Waals surface area contributed by atoms with Crippen LogP contribution in [0.15, 0.2) is 18.2 Å². The fourth-order valence-corrected chi connectivity index (χ4v) is 1.36. The Bertz CT molecular complexity index is 467. The van der Waals surface area contributed by atoms with Gasteiger partial charge in [0.2, 0.25) is 5.91 Å². The third-order valence-corrected chi connectivity index (χ3v) is 2.38. The van der Waals surface area contributed by atoms with Gasteiger partial charge in [-0.05, 0) is 18.6 Å². The van der Waals surface area contributed by atoms with Gasteiger partial charge >= 0.3 is 0 Å². The predicted octanol–water partition coefficient (Wildman–Crippen LogP) is 1.94. The summed E-state index contributed by atoms with van der Waals surface area (Å²) in [6, 6.07) is 5.99. The van der Waals surface area contributed by atoms with Crippen molar-refractivity contribution in [1.82, 2.24) is 4.90 Å². The van der Waals surface area contributed by atoms with E-state index in [0.717, 1.165) is 0 Å². The molecule has 5 heteroatoms. The summed E-state index contributed by atoms with van der Waals surface area (Å²) < 4.78 is 18.5. The molecule has 0 saturated heterocycles. The highest BCUT2D eigenvalue weighted by atomic mass is 19.1. The van der Waals surface area contributed by atoms with Gasteiger partial charge in [0.1, 0.15) is 23.2 Å². The van der Waals surface area contributed by atoms with Gasteiger partial charge < -0.3 is 9.64 Å². The standard InChI is InChI=1S/C13H15FN2O2/c1-16(2)13(17)7-4-8-18-12-6-3-5-11(14)10(12)9-15/h3,5-6H,4,7-8H2,1-2H3. The molecular formula is C13H15FN2O2. The van der Waals surface area contributed by atoms with Crippen molar-refractivity contribution in [2.75, 3.05) is 20.7 Å². The van der Waals surface area contributed by atoms with Gasteiger partial charge in [0.05, 0.1) is 6.61 Å². The van der Waals surface area contributed by atoms with E-state index in [2.05, 4.69) is 0 Å². The molecule has 0 fully saturated rings. The first-order valence-electron chi connectivity index (χ1n) is 5.58. The molecule has 0 aromatic heterocycles. The van der Waals surface area contributed by atoms with Crippen LogP contribution in [0.5, 0.6) is 5.75 Å². The smallest absolute Gasteiger partial charge is 0.222 e. The van der Waals surface area contributed by atoms with Crippen LogP contribution in [0, 0.1) is 17.1 Å². The molecule has 0 radical (unpaired) electrons. The Balaban J connectivity index is 2.48. The monoisotopic (exact) mass is 250 g/mol. The maximum absolute atomic E-state index is 13.2. The Morgan fingerprint density at radius 3 is 2.83 bits per heavy atom. The van der Waals surface area contributed by atoms with Gasteiger partial charge in [0, 0.05) is 20.5 Å². The largest absolute Gasteiger partial charge is 0.492 e. The maximum atomic E-state index is 13.2. The molecule has 1 aromatic carbocycles. The summed E-state index contributed by atoms with van der Waals surface area (Å²) in [7, 11) is 3.37. The van der Waals surface area contributed by atoms with Crippen molar-refractivity contribution in [2.45, 2.75) is 12.8 Å². The molecule has 18 heavy (non-hydrogen) atoms.